The molecule has 0 aliphatic rings. The number of aliphatic carboxylic acids is 2. The van der Waals surface area contributed by atoms with Gasteiger partial charge in [0, 0.05) is 6.17 Å². The number of hydrogen-bond donors (Lipinski definition) is 4. The molecule has 0 saturated heterocycles. The minimum absolute atomic E-state index is 0.167. The lowest BCUT2D eigenvalue weighted by molar-refractivity contribution is -0.143. The van der Waals surface area contributed by atoms with Crippen LogP contribution < -0.4 is 11.5 Å². The highest BCUT2D eigenvalue weighted by molar-refractivity contribution is 5.75. The Morgan fingerprint density at radius 2 is 1.33 bits per heavy atom. The second-order valence-electron chi connectivity index (χ2n) is 2.15. The molecule has 0 atom stereocenters. The fourth-order valence-corrected chi connectivity index (χ4v) is 0.214. The summed E-state index contributed by atoms with van der Waals surface area (Å²) < 4.78 is 0. The molecule has 6 heteroatoms. The van der Waals surface area contributed by atoms with Crippen LogP contribution >= 0.6 is 0 Å². The van der Waals surface area contributed by atoms with Gasteiger partial charge in [-0.3, -0.25) is 9.59 Å². The third-order valence-corrected chi connectivity index (χ3v) is 0.553. The second-order valence-corrected chi connectivity index (χ2v) is 2.15. The summed E-state index contributed by atoms with van der Waals surface area (Å²) in [6.07, 6.45) is -0.759. The minimum Gasteiger partial charge on any atom is -0.481 e. The molecule has 12 heavy (non-hydrogen) atoms. The van der Waals surface area contributed by atoms with Crippen LogP contribution in [-0.4, -0.2) is 28.3 Å². The van der Waals surface area contributed by atoms with Crippen molar-refractivity contribution < 1.29 is 19.8 Å². The first kappa shape index (κ1) is 13.4. The molecule has 0 radical (unpaired) electrons. The van der Waals surface area contributed by atoms with Crippen molar-refractivity contribution in [2.75, 3.05) is 0 Å². The van der Waals surface area contributed by atoms with E-state index in [2.05, 4.69) is 0 Å². The molecule has 0 aromatic rings. The molecule has 0 saturated carbocycles. The number of carbonyl (C=O) groups is 2. The molecule has 0 fully saturated rings. The summed E-state index contributed by atoms with van der Waals surface area (Å²) in [5.41, 5.74) is 9.78. The number of carboxylic acids is 2. The predicted octanol–water partition coefficient (Wildman–Crippen LogP) is -0.814. The zero-order valence-corrected chi connectivity index (χ0v) is 6.86. The molecule has 0 aromatic heterocycles. The van der Waals surface area contributed by atoms with Gasteiger partial charge in [-0.1, -0.05) is 0 Å². The molecule has 0 heterocycles. The van der Waals surface area contributed by atoms with Crippen molar-refractivity contribution in [3.8, 4) is 0 Å². The van der Waals surface area contributed by atoms with Gasteiger partial charge in [0.15, 0.2) is 0 Å². The van der Waals surface area contributed by atoms with Gasteiger partial charge in [0.25, 0.3) is 0 Å². The highest BCUT2D eigenvalue weighted by atomic mass is 16.4. The van der Waals surface area contributed by atoms with Gasteiger partial charge in [0.2, 0.25) is 0 Å². The van der Waals surface area contributed by atoms with Gasteiger partial charge in [-0.15, -0.1) is 0 Å². The van der Waals surface area contributed by atoms with Crippen LogP contribution in [0.1, 0.15) is 19.8 Å². The van der Waals surface area contributed by atoms with Gasteiger partial charge in [0.05, 0.1) is 12.8 Å². The van der Waals surface area contributed by atoms with Gasteiger partial charge in [-0.25, -0.2) is 0 Å². The summed E-state index contributed by atoms with van der Waals surface area (Å²) in [5, 5.41) is 15.8. The van der Waals surface area contributed by atoms with Crippen LogP contribution in [0, 0.1) is 0 Å². The van der Waals surface area contributed by atoms with Gasteiger partial charge in [0.1, 0.15) is 0 Å². The van der Waals surface area contributed by atoms with Gasteiger partial charge in [-0.2, -0.15) is 0 Å². The molecule has 6 N–H and O–H groups in total. The van der Waals surface area contributed by atoms with Crippen LogP contribution in [0.4, 0.5) is 0 Å². The number of nitrogens with two attached hydrogens (primary N) is 2. The van der Waals surface area contributed by atoms with Crippen molar-refractivity contribution in [2.45, 2.75) is 25.9 Å². The van der Waals surface area contributed by atoms with Crippen LogP contribution in [0.3, 0.4) is 0 Å². The Labute approximate surface area is 70.2 Å². The van der Waals surface area contributed by atoms with E-state index in [1.54, 1.807) is 6.92 Å². The Hall–Kier alpha value is -1.14. The highest BCUT2D eigenvalue weighted by Crippen LogP contribution is 1.86. The zero-order valence-electron chi connectivity index (χ0n) is 6.86. The van der Waals surface area contributed by atoms with Crippen molar-refractivity contribution >= 4 is 11.9 Å². The van der Waals surface area contributed by atoms with Crippen molar-refractivity contribution in [1.29, 1.82) is 0 Å². The smallest absolute Gasteiger partial charge is 0.303 e. The predicted molar refractivity (Wildman–Crippen MR) is 42.3 cm³/mol. The lowest BCUT2D eigenvalue weighted by Crippen LogP contribution is -2.25. The highest BCUT2D eigenvalue weighted by Gasteiger charge is 2.00. The molecule has 0 spiro atoms. The Kier molecular flexibility index (Phi) is 8.92. The van der Waals surface area contributed by atoms with Crippen molar-refractivity contribution in [3.63, 3.8) is 0 Å². The SMILES string of the molecule is CC(N)N.O=C(O)CCC(=O)O. The fraction of sp³-hybridized carbons (Fsp3) is 0.667. The Morgan fingerprint density at radius 3 is 1.42 bits per heavy atom. The quantitative estimate of drug-likeness (QED) is 0.418. The molecule has 6 nitrogen and oxygen atoms in total. The van der Waals surface area contributed by atoms with E-state index < -0.39 is 11.9 Å². The van der Waals surface area contributed by atoms with E-state index in [9.17, 15) is 9.59 Å². The molecule has 0 aromatic carbocycles. The number of carboxylic acid groups (broad SMARTS) is 2. The monoisotopic (exact) mass is 178 g/mol. The number of hydrogen-bond acceptors (Lipinski definition) is 4. The first-order valence-electron chi connectivity index (χ1n) is 3.31. The first-order valence-corrected chi connectivity index (χ1v) is 3.31. The molecular formula is C6H14N2O4. The normalized spacial score (nSPS) is 8.67. The molecule has 0 aliphatic carbocycles. The second kappa shape index (κ2) is 7.96. The van der Waals surface area contributed by atoms with Crippen LogP contribution in [0.5, 0.6) is 0 Å². The molecule has 0 rings (SSSR count). The summed E-state index contributed by atoms with van der Waals surface area (Å²) >= 11 is 0. The van der Waals surface area contributed by atoms with Crippen LogP contribution in [-0.2, 0) is 9.59 Å². The molecule has 0 bridgehead atoms. The average molecular weight is 178 g/mol. The topological polar surface area (TPSA) is 127 Å². The lowest BCUT2D eigenvalue weighted by atomic mass is 10.3. The Bertz CT molecular complexity index is 130. The van der Waals surface area contributed by atoms with E-state index in [-0.39, 0.29) is 19.0 Å². The Balaban J connectivity index is 0. The van der Waals surface area contributed by atoms with Crippen LogP contribution in [0.15, 0.2) is 0 Å². The largest absolute Gasteiger partial charge is 0.481 e. The molecule has 72 valence electrons. The summed E-state index contributed by atoms with van der Waals surface area (Å²) in [5.74, 6) is -2.15. The molecule has 0 unspecified atom stereocenters. The summed E-state index contributed by atoms with van der Waals surface area (Å²) in [6, 6.07) is 0. The standard InChI is InChI=1S/C4H6O4.C2H8N2/c5-3(6)1-2-4(7)8;1-2(3)4/h1-2H2,(H,5,6)(H,7,8);2H,3-4H2,1H3. The van der Waals surface area contributed by atoms with E-state index in [0.717, 1.165) is 0 Å². The maximum Gasteiger partial charge on any atom is 0.303 e. The molecule has 0 aliphatic heterocycles. The third-order valence-electron chi connectivity index (χ3n) is 0.553. The van der Waals surface area contributed by atoms with Crippen molar-refractivity contribution in [2.24, 2.45) is 11.5 Å². The van der Waals surface area contributed by atoms with Crippen LogP contribution in [0.25, 0.3) is 0 Å². The zero-order chi connectivity index (χ0) is 10.1. The van der Waals surface area contributed by atoms with E-state index in [1.807, 2.05) is 0 Å². The maximum absolute atomic E-state index is 9.64. The van der Waals surface area contributed by atoms with Crippen LogP contribution in [0.2, 0.25) is 0 Å². The van der Waals surface area contributed by atoms with E-state index >= 15 is 0 Å². The Morgan fingerprint density at radius 1 is 1.17 bits per heavy atom. The molecule has 0 amide bonds. The fourth-order valence-electron chi connectivity index (χ4n) is 0.214. The minimum atomic E-state index is -1.08. The summed E-state index contributed by atoms with van der Waals surface area (Å²) in [6.45, 7) is 1.72. The number of rotatable bonds is 3. The maximum atomic E-state index is 9.64. The third kappa shape index (κ3) is 36.7. The van der Waals surface area contributed by atoms with E-state index in [1.165, 1.54) is 0 Å². The molecular weight excluding hydrogens is 164 g/mol. The van der Waals surface area contributed by atoms with E-state index in [0.29, 0.717) is 0 Å². The van der Waals surface area contributed by atoms with Crippen molar-refractivity contribution in [1.82, 2.24) is 0 Å². The van der Waals surface area contributed by atoms with E-state index in [4.69, 9.17) is 21.7 Å². The van der Waals surface area contributed by atoms with Crippen molar-refractivity contribution in [3.05, 3.63) is 0 Å². The summed E-state index contributed by atoms with van der Waals surface area (Å²) in [7, 11) is 0. The van der Waals surface area contributed by atoms with Gasteiger partial charge >= 0.3 is 11.9 Å². The first-order chi connectivity index (χ1) is 5.36. The van der Waals surface area contributed by atoms with Gasteiger partial charge < -0.3 is 21.7 Å². The van der Waals surface area contributed by atoms with Gasteiger partial charge in [-0.05, 0) is 6.92 Å². The lowest BCUT2D eigenvalue weighted by Gasteiger charge is -1.85. The summed E-state index contributed by atoms with van der Waals surface area (Å²) in [4.78, 5) is 19.3. The average Bonchev–Trinajstić information content (AvgIpc) is 1.82.